The lowest BCUT2D eigenvalue weighted by Gasteiger charge is -2.23. The second-order valence-corrected chi connectivity index (χ2v) is 7.01. The fraction of sp³-hybridized carbons (Fsp3) is 0.273. The fourth-order valence-electron chi connectivity index (χ4n) is 3.50. The number of amides is 3. The van der Waals surface area contributed by atoms with Crippen LogP contribution in [0.5, 0.6) is 5.75 Å². The number of benzene rings is 2. The van der Waals surface area contributed by atoms with Crippen LogP contribution in [0.4, 0.5) is 5.69 Å². The zero-order valence-electron chi connectivity index (χ0n) is 16.0. The normalized spacial score (nSPS) is 16.3. The summed E-state index contributed by atoms with van der Waals surface area (Å²) in [5, 5.41) is 25.3. The second-order valence-electron chi connectivity index (χ2n) is 7.01. The number of rotatable bonds is 7. The highest BCUT2D eigenvalue weighted by atomic mass is 16.3. The van der Waals surface area contributed by atoms with Crippen molar-refractivity contribution in [2.24, 2.45) is 5.92 Å². The first kappa shape index (κ1) is 20.3. The summed E-state index contributed by atoms with van der Waals surface area (Å²) in [6.45, 7) is 3.64. The predicted octanol–water partition coefficient (Wildman–Crippen LogP) is 3.26. The summed E-state index contributed by atoms with van der Waals surface area (Å²) in [5.41, 5.74) is 0.760. The number of nitrogens with one attached hydrogen (secondary N) is 3. The summed E-state index contributed by atoms with van der Waals surface area (Å²) >= 11 is 0. The molecule has 0 aromatic heterocycles. The van der Waals surface area contributed by atoms with Gasteiger partial charge >= 0.3 is 0 Å². The van der Waals surface area contributed by atoms with Crippen LogP contribution in [0.2, 0.25) is 0 Å². The summed E-state index contributed by atoms with van der Waals surface area (Å²) in [4.78, 5) is 35.8. The molecule has 3 amide bonds. The van der Waals surface area contributed by atoms with Gasteiger partial charge in [0.15, 0.2) is 0 Å². The number of piperidine rings is 1. The molecule has 29 heavy (non-hydrogen) atoms. The van der Waals surface area contributed by atoms with Crippen LogP contribution in [-0.4, -0.2) is 28.5 Å². The van der Waals surface area contributed by atoms with Crippen LogP contribution in [0.3, 0.4) is 0 Å². The Kier molecular flexibility index (Phi) is 6.07. The zero-order valence-corrected chi connectivity index (χ0v) is 16.0. The van der Waals surface area contributed by atoms with Crippen LogP contribution in [-0.2, 0) is 14.4 Å². The molecule has 1 aliphatic rings. The molecule has 150 valence electrons. The number of phenolic OH excluding ortho intramolecular Hbond substituents is 1. The summed E-state index contributed by atoms with van der Waals surface area (Å²) in [6.07, 6.45) is 3.95. The lowest BCUT2D eigenvalue weighted by atomic mass is 9.86. The molecule has 3 rings (SSSR count). The van der Waals surface area contributed by atoms with Gasteiger partial charge in [0.05, 0.1) is 11.6 Å². The highest BCUT2D eigenvalue weighted by molar-refractivity contribution is 6.22. The number of unbranched alkanes of at least 4 members (excludes halogenated alkanes) is 1. The van der Waals surface area contributed by atoms with Crippen LogP contribution in [0.15, 0.2) is 43.0 Å². The van der Waals surface area contributed by atoms with Gasteiger partial charge < -0.3 is 15.8 Å². The topological polar surface area (TPSA) is 119 Å². The van der Waals surface area contributed by atoms with Crippen LogP contribution in [0.1, 0.15) is 37.7 Å². The SMILES string of the molecule is C=CCCCC(=O)Nc1cccc2c(C(=N)C3CCC(=O)NC3=O)c(O)ccc12. The summed E-state index contributed by atoms with van der Waals surface area (Å²) in [7, 11) is 0. The second kappa shape index (κ2) is 8.68. The van der Waals surface area contributed by atoms with Crippen molar-refractivity contribution in [2.45, 2.75) is 32.1 Å². The first-order chi connectivity index (χ1) is 13.9. The van der Waals surface area contributed by atoms with Crippen LogP contribution in [0.25, 0.3) is 10.8 Å². The maximum atomic E-state index is 12.2. The van der Waals surface area contributed by atoms with Crippen molar-refractivity contribution < 1.29 is 19.5 Å². The van der Waals surface area contributed by atoms with E-state index >= 15 is 0 Å². The number of imide groups is 1. The Labute approximate surface area is 168 Å². The fourth-order valence-corrected chi connectivity index (χ4v) is 3.50. The summed E-state index contributed by atoms with van der Waals surface area (Å²) in [6, 6.07) is 8.33. The van der Waals surface area contributed by atoms with Gasteiger partial charge in [0.2, 0.25) is 17.7 Å². The quantitative estimate of drug-likeness (QED) is 0.250. The molecule has 4 N–H and O–H groups in total. The van der Waals surface area contributed by atoms with Crippen molar-refractivity contribution in [1.29, 1.82) is 5.41 Å². The van der Waals surface area contributed by atoms with Gasteiger partial charge in [-0.05, 0) is 42.8 Å². The third-order valence-corrected chi connectivity index (χ3v) is 4.98. The molecular formula is C22H23N3O4. The monoisotopic (exact) mass is 393 g/mol. The van der Waals surface area contributed by atoms with Gasteiger partial charge in [-0.2, -0.15) is 0 Å². The van der Waals surface area contributed by atoms with Gasteiger partial charge in [0.1, 0.15) is 5.75 Å². The molecule has 0 aliphatic carbocycles. The summed E-state index contributed by atoms with van der Waals surface area (Å²) < 4.78 is 0. The highest BCUT2D eigenvalue weighted by Gasteiger charge is 2.32. The molecule has 1 fully saturated rings. The van der Waals surface area contributed by atoms with Crippen molar-refractivity contribution in [2.75, 3.05) is 5.32 Å². The van der Waals surface area contributed by atoms with Gasteiger partial charge in [-0.1, -0.05) is 18.2 Å². The number of allylic oxidation sites excluding steroid dienone is 1. The van der Waals surface area contributed by atoms with Gasteiger partial charge in [-0.15, -0.1) is 6.58 Å². The highest BCUT2D eigenvalue weighted by Crippen LogP contribution is 2.34. The predicted molar refractivity (Wildman–Crippen MR) is 111 cm³/mol. The largest absolute Gasteiger partial charge is 0.507 e. The number of fused-ring (bicyclic) bond motifs is 1. The Morgan fingerprint density at radius 3 is 2.79 bits per heavy atom. The van der Waals surface area contributed by atoms with Gasteiger partial charge in [-0.3, -0.25) is 19.7 Å². The Balaban J connectivity index is 1.94. The minimum atomic E-state index is -0.818. The standard InChI is InChI=1S/C22H23N3O4/c1-2-3-4-8-18(27)24-16-7-5-6-14-13(16)9-11-17(26)20(14)21(23)15-10-12-19(28)25-22(15)29/h2,5-7,9,11,15,23,26H,1,3-4,8,10,12H2,(H,24,27)(H,25,28,29). The molecule has 1 heterocycles. The molecule has 1 unspecified atom stereocenters. The third kappa shape index (κ3) is 4.34. The molecule has 1 saturated heterocycles. The molecule has 2 aromatic rings. The van der Waals surface area contributed by atoms with Gasteiger partial charge in [0.25, 0.3) is 0 Å². The van der Waals surface area contributed by atoms with Crippen molar-refractivity contribution >= 4 is 39.9 Å². The molecule has 0 radical (unpaired) electrons. The van der Waals surface area contributed by atoms with Gasteiger partial charge in [-0.25, -0.2) is 0 Å². The van der Waals surface area contributed by atoms with E-state index in [4.69, 9.17) is 5.41 Å². The van der Waals surface area contributed by atoms with E-state index in [-0.39, 0.29) is 41.7 Å². The maximum Gasteiger partial charge on any atom is 0.235 e. The minimum absolute atomic E-state index is 0.0486. The molecule has 0 saturated carbocycles. The van der Waals surface area contributed by atoms with E-state index in [0.717, 1.165) is 6.42 Å². The van der Waals surface area contributed by atoms with E-state index in [1.807, 2.05) is 0 Å². The molecule has 2 aromatic carbocycles. The van der Waals surface area contributed by atoms with Gasteiger partial charge in [0, 0.05) is 29.5 Å². The smallest absolute Gasteiger partial charge is 0.235 e. The average Bonchev–Trinajstić information content (AvgIpc) is 2.68. The number of hydrogen-bond donors (Lipinski definition) is 4. The Morgan fingerprint density at radius 2 is 2.07 bits per heavy atom. The van der Waals surface area contributed by atoms with E-state index in [0.29, 0.717) is 29.3 Å². The number of hydrogen-bond acceptors (Lipinski definition) is 5. The number of carbonyl (C=O) groups excluding carboxylic acids is 3. The van der Waals surface area contributed by atoms with Crippen LogP contribution >= 0.6 is 0 Å². The van der Waals surface area contributed by atoms with Crippen molar-refractivity contribution in [3.05, 3.63) is 48.6 Å². The van der Waals surface area contributed by atoms with Crippen LogP contribution in [0, 0.1) is 11.3 Å². The lowest BCUT2D eigenvalue weighted by molar-refractivity contribution is -0.134. The van der Waals surface area contributed by atoms with Crippen molar-refractivity contribution in [3.8, 4) is 5.75 Å². The van der Waals surface area contributed by atoms with E-state index in [2.05, 4.69) is 17.2 Å². The third-order valence-electron chi connectivity index (χ3n) is 4.98. The molecule has 7 nitrogen and oxygen atoms in total. The zero-order chi connectivity index (χ0) is 21.0. The molecule has 7 heteroatoms. The minimum Gasteiger partial charge on any atom is -0.507 e. The Hall–Kier alpha value is -3.48. The van der Waals surface area contributed by atoms with E-state index in [9.17, 15) is 19.5 Å². The molecule has 1 aliphatic heterocycles. The molecular weight excluding hydrogens is 370 g/mol. The van der Waals surface area contributed by atoms with Crippen molar-refractivity contribution in [3.63, 3.8) is 0 Å². The Bertz CT molecular complexity index is 1010. The number of carbonyl (C=O) groups is 3. The number of aromatic hydroxyl groups is 1. The summed E-state index contributed by atoms with van der Waals surface area (Å²) in [5.74, 6) is -1.96. The number of phenols is 1. The van der Waals surface area contributed by atoms with Crippen LogP contribution < -0.4 is 10.6 Å². The first-order valence-corrected chi connectivity index (χ1v) is 9.50. The maximum absolute atomic E-state index is 12.2. The molecule has 0 spiro atoms. The number of anilines is 1. The van der Waals surface area contributed by atoms with E-state index < -0.39 is 11.8 Å². The Morgan fingerprint density at radius 1 is 1.28 bits per heavy atom. The molecule has 0 bridgehead atoms. The van der Waals surface area contributed by atoms with E-state index in [1.165, 1.54) is 6.07 Å². The first-order valence-electron chi connectivity index (χ1n) is 9.50. The molecule has 1 atom stereocenters. The van der Waals surface area contributed by atoms with E-state index in [1.54, 1.807) is 30.3 Å². The van der Waals surface area contributed by atoms with Crippen molar-refractivity contribution in [1.82, 2.24) is 5.32 Å². The average molecular weight is 393 g/mol. The lowest BCUT2D eigenvalue weighted by Crippen LogP contribution is -2.43.